The quantitative estimate of drug-likeness (QED) is 0.442. The van der Waals surface area contributed by atoms with Gasteiger partial charge in [0.2, 0.25) is 0 Å². The van der Waals surface area contributed by atoms with Crippen molar-refractivity contribution in [3.8, 4) is 5.69 Å². The summed E-state index contributed by atoms with van der Waals surface area (Å²) in [5, 5.41) is 0.728. The number of aryl methyl sites for hydroxylation is 1. The SMILES string of the molecule is COCCCN1C(=O)S/C(=C\c2cc(C)n(-c3ccc(Cl)c(Cl)c3)c2C)C1=O. The average Bonchev–Trinajstić information content (AvgIpc) is 3.07. The number of rotatable bonds is 6. The fourth-order valence-electron chi connectivity index (χ4n) is 3.16. The van der Waals surface area contributed by atoms with E-state index in [1.165, 1.54) is 4.90 Å². The van der Waals surface area contributed by atoms with Crippen LogP contribution >= 0.6 is 35.0 Å². The molecular formula is C20H20Cl2N2O3S. The predicted molar refractivity (Wildman–Crippen MR) is 114 cm³/mol. The summed E-state index contributed by atoms with van der Waals surface area (Å²) < 4.78 is 7.03. The van der Waals surface area contributed by atoms with Gasteiger partial charge in [-0.15, -0.1) is 0 Å². The summed E-state index contributed by atoms with van der Waals surface area (Å²) in [6.07, 6.45) is 2.39. The van der Waals surface area contributed by atoms with Crippen LogP contribution in [-0.4, -0.2) is 40.9 Å². The molecule has 1 aromatic heterocycles. The predicted octanol–water partition coefficient (Wildman–Crippen LogP) is 5.47. The third-order valence-corrected chi connectivity index (χ3v) is 6.17. The number of hydrogen-bond donors (Lipinski definition) is 0. The fourth-order valence-corrected chi connectivity index (χ4v) is 4.30. The molecule has 3 rings (SSSR count). The molecule has 1 aliphatic rings. The van der Waals surface area contributed by atoms with E-state index < -0.39 is 0 Å². The number of benzene rings is 1. The van der Waals surface area contributed by atoms with Crippen LogP contribution < -0.4 is 0 Å². The average molecular weight is 439 g/mol. The van der Waals surface area contributed by atoms with E-state index in [2.05, 4.69) is 0 Å². The number of carbonyl (C=O) groups excluding carboxylic acids is 2. The number of nitrogens with zero attached hydrogens (tertiary/aromatic N) is 2. The lowest BCUT2D eigenvalue weighted by atomic mass is 10.2. The highest BCUT2D eigenvalue weighted by Crippen LogP contribution is 2.34. The number of halogens is 2. The van der Waals surface area contributed by atoms with Gasteiger partial charge in [-0.2, -0.15) is 0 Å². The van der Waals surface area contributed by atoms with E-state index in [1.54, 1.807) is 25.3 Å². The summed E-state index contributed by atoms with van der Waals surface area (Å²) in [5.74, 6) is -0.259. The lowest BCUT2D eigenvalue weighted by Gasteiger charge is -2.11. The van der Waals surface area contributed by atoms with Gasteiger partial charge in [-0.3, -0.25) is 14.5 Å². The second-order valence-electron chi connectivity index (χ2n) is 6.44. The molecule has 8 heteroatoms. The van der Waals surface area contributed by atoms with Gasteiger partial charge < -0.3 is 9.30 Å². The Morgan fingerprint density at radius 2 is 1.89 bits per heavy atom. The molecular weight excluding hydrogens is 419 g/mol. The Labute approximate surface area is 178 Å². The zero-order chi connectivity index (χ0) is 20.4. The Hall–Kier alpha value is -1.73. The van der Waals surface area contributed by atoms with Gasteiger partial charge in [-0.1, -0.05) is 23.2 Å². The number of imide groups is 1. The van der Waals surface area contributed by atoms with E-state index in [9.17, 15) is 9.59 Å². The van der Waals surface area contributed by atoms with Crippen molar-refractivity contribution in [2.45, 2.75) is 20.3 Å². The lowest BCUT2D eigenvalue weighted by Crippen LogP contribution is -2.29. The van der Waals surface area contributed by atoms with Crippen LogP contribution in [0.5, 0.6) is 0 Å². The molecule has 0 N–H and O–H groups in total. The van der Waals surface area contributed by atoms with Crippen molar-refractivity contribution in [3.63, 3.8) is 0 Å². The van der Waals surface area contributed by atoms with Gasteiger partial charge in [0.25, 0.3) is 11.1 Å². The van der Waals surface area contributed by atoms with E-state index in [-0.39, 0.29) is 11.1 Å². The molecule has 0 saturated carbocycles. The maximum Gasteiger partial charge on any atom is 0.293 e. The largest absolute Gasteiger partial charge is 0.385 e. The highest BCUT2D eigenvalue weighted by atomic mass is 35.5. The van der Waals surface area contributed by atoms with Crippen LogP contribution in [0.1, 0.15) is 23.4 Å². The Morgan fingerprint density at radius 3 is 2.57 bits per heavy atom. The number of methoxy groups -OCH3 is 1. The van der Waals surface area contributed by atoms with Crippen LogP contribution in [0, 0.1) is 13.8 Å². The van der Waals surface area contributed by atoms with Crippen LogP contribution in [0.15, 0.2) is 29.2 Å². The number of amides is 2. The van der Waals surface area contributed by atoms with Crippen molar-refractivity contribution in [1.29, 1.82) is 0 Å². The Morgan fingerprint density at radius 1 is 1.14 bits per heavy atom. The highest BCUT2D eigenvalue weighted by Gasteiger charge is 2.34. The van der Waals surface area contributed by atoms with E-state index in [4.69, 9.17) is 27.9 Å². The van der Waals surface area contributed by atoms with E-state index in [0.29, 0.717) is 34.5 Å². The van der Waals surface area contributed by atoms with Crippen LogP contribution in [0.3, 0.4) is 0 Å². The third kappa shape index (κ3) is 4.15. The minimum atomic E-state index is -0.259. The Balaban J connectivity index is 1.90. The normalized spacial score (nSPS) is 15.9. The first kappa shape index (κ1) is 21.0. The van der Waals surface area contributed by atoms with Crippen molar-refractivity contribution < 1.29 is 14.3 Å². The number of carbonyl (C=O) groups is 2. The topological polar surface area (TPSA) is 51.5 Å². The van der Waals surface area contributed by atoms with Gasteiger partial charge in [0.15, 0.2) is 0 Å². The van der Waals surface area contributed by atoms with Crippen LogP contribution in [-0.2, 0) is 9.53 Å². The summed E-state index contributed by atoms with van der Waals surface area (Å²) >= 11 is 13.1. The van der Waals surface area contributed by atoms with E-state index >= 15 is 0 Å². The Bertz CT molecular complexity index is 969. The first-order valence-corrected chi connectivity index (χ1v) is 10.3. The third-order valence-electron chi connectivity index (χ3n) is 4.52. The molecule has 1 aliphatic heterocycles. The fraction of sp³-hybridized carbons (Fsp3) is 0.300. The van der Waals surface area contributed by atoms with Crippen LogP contribution in [0.25, 0.3) is 11.8 Å². The van der Waals surface area contributed by atoms with Gasteiger partial charge in [-0.05, 0) is 67.9 Å². The van der Waals surface area contributed by atoms with Crippen LogP contribution in [0.2, 0.25) is 10.0 Å². The van der Waals surface area contributed by atoms with Gasteiger partial charge in [0.05, 0.1) is 15.0 Å². The maximum atomic E-state index is 12.6. The first-order chi connectivity index (χ1) is 13.3. The number of hydrogen-bond acceptors (Lipinski definition) is 4. The molecule has 1 aromatic carbocycles. The summed E-state index contributed by atoms with van der Waals surface area (Å²) in [5.41, 5.74) is 3.70. The van der Waals surface area contributed by atoms with Crippen molar-refractivity contribution >= 4 is 52.2 Å². The molecule has 0 unspecified atom stereocenters. The lowest BCUT2D eigenvalue weighted by molar-refractivity contribution is -0.122. The molecule has 1 fully saturated rings. The maximum absolute atomic E-state index is 12.6. The molecule has 0 bridgehead atoms. The van der Waals surface area contributed by atoms with Gasteiger partial charge in [0.1, 0.15) is 0 Å². The van der Waals surface area contributed by atoms with Gasteiger partial charge in [0, 0.05) is 37.3 Å². The highest BCUT2D eigenvalue weighted by molar-refractivity contribution is 8.18. The zero-order valence-electron chi connectivity index (χ0n) is 15.8. The number of thioether (sulfide) groups is 1. The smallest absolute Gasteiger partial charge is 0.293 e. The second kappa shape index (κ2) is 8.74. The van der Waals surface area contributed by atoms with Gasteiger partial charge in [-0.25, -0.2) is 0 Å². The monoisotopic (exact) mass is 438 g/mol. The minimum Gasteiger partial charge on any atom is -0.385 e. The van der Waals surface area contributed by atoms with Crippen molar-refractivity contribution in [2.75, 3.05) is 20.3 Å². The molecule has 1 saturated heterocycles. The standard InChI is InChI=1S/C20H20Cl2N2O3S/c1-12-9-14(13(2)24(12)15-5-6-16(21)17(22)11-15)10-18-19(25)23(20(26)28-18)7-4-8-27-3/h5-6,9-11H,4,7-8H2,1-3H3/b18-10-. The molecule has 0 atom stereocenters. The van der Waals surface area contributed by atoms with Crippen molar-refractivity contribution in [2.24, 2.45) is 0 Å². The summed E-state index contributed by atoms with van der Waals surface area (Å²) in [6, 6.07) is 7.43. The molecule has 28 heavy (non-hydrogen) atoms. The molecule has 2 aromatic rings. The van der Waals surface area contributed by atoms with Crippen molar-refractivity contribution in [1.82, 2.24) is 9.47 Å². The number of aromatic nitrogens is 1. The van der Waals surface area contributed by atoms with Crippen molar-refractivity contribution in [3.05, 3.63) is 56.2 Å². The van der Waals surface area contributed by atoms with Gasteiger partial charge >= 0.3 is 0 Å². The summed E-state index contributed by atoms with van der Waals surface area (Å²) in [6.45, 7) is 4.80. The Kier molecular flexibility index (Phi) is 6.55. The summed E-state index contributed by atoms with van der Waals surface area (Å²) in [7, 11) is 1.59. The molecule has 0 radical (unpaired) electrons. The van der Waals surface area contributed by atoms with Crippen LogP contribution in [0.4, 0.5) is 4.79 Å². The molecule has 2 heterocycles. The number of ether oxygens (including phenoxy) is 1. The molecule has 0 spiro atoms. The molecule has 148 valence electrons. The molecule has 5 nitrogen and oxygen atoms in total. The first-order valence-electron chi connectivity index (χ1n) is 8.72. The van der Waals surface area contributed by atoms with E-state index in [1.807, 2.05) is 30.5 Å². The van der Waals surface area contributed by atoms with E-state index in [0.717, 1.165) is 34.4 Å². The zero-order valence-corrected chi connectivity index (χ0v) is 18.1. The molecule has 2 amide bonds. The second-order valence-corrected chi connectivity index (χ2v) is 8.25. The molecule has 0 aliphatic carbocycles. The minimum absolute atomic E-state index is 0.245. The summed E-state index contributed by atoms with van der Waals surface area (Å²) in [4.78, 5) is 26.5.